The lowest BCUT2D eigenvalue weighted by Gasteiger charge is -2.10. The predicted octanol–water partition coefficient (Wildman–Crippen LogP) is 2.58. The molecule has 2 aromatic carbocycles. The van der Waals surface area contributed by atoms with E-state index in [4.69, 9.17) is 11.6 Å². The van der Waals surface area contributed by atoms with Crippen molar-refractivity contribution in [3.63, 3.8) is 0 Å². The van der Waals surface area contributed by atoms with Gasteiger partial charge in [0.05, 0.1) is 4.90 Å². The van der Waals surface area contributed by atoms with E-state index in [-0.39, 0.29) is 4.90 Å². The maximum Gasteiger partial charge on any atom is 0.266 e. The molecule has 7 heteroatoms. The van der Waals surface area contributed by atoms with E-state index >= 15 is 0 Å². The number of sulfonamides is 1. The maximum atomic E-state index is 12.1. The lowest BCUT2D eigenvalue weighted by molar-refractivity contribution is 0.0945. The number of carbonyl (C=O) groups excluding carboxylic acids is 1. The van der Waals surface area contributed by atoms with Gasteiger partial charge in [-0.05, 0) is 61.4 Å². The van der Waals surface area contributed by atoms with Crippen LogP contribution < -0.4 is 10.3 Å². The molecule has 2 aromatic rings. The summed E-state index contributed by atoms with van der Waals surface area (Å²) in [6.45, 7) is 3.71. The number of hydrazine groups is 1. The Hall–Kier alpha value is -1.89. The number of nitrogens with one attached hydrogen (secondary N) is 2. The SMILES string of the molecule is Cc1ccc(S(=O)(=O)NNC(=O)c2ccc(Cl)cc2)cc1C. The summed E-state index contributed by atoms with van der Waals surface area (Å²) in [5.41, 5.74) is 4.31. The second-order valence-electron chi connectivity index (χ2n) is 4.81. The molecule has 2 rings (SSSR count). The van der Waals surface area contributed by atoms with Gasteiger partial charge in [-0.3, -0.25) is 10.2 Å². The quantitative estimate of drug-likeness (QED) is 0.841. The fraction of sp³-hybridized carbons (Fsp3) is 0.133. The second-order valence-corrected chi connectivity index (χ2v) is 6.93. The van der Waals surface area contributed by atoms with Crippen LogP contribution in [-0.2, 0) is 10.0 Å². The highest BCUT2D eigenvalue weighted by molar-refractivity contribution is 7.89. The number of carbonyl (C=O) groups is 1. The van der Waals surface area contributed by atoms with E-state index < -0.39 is 15.9 Å². The van der Waals surface area contributed by atoms with Gasteiger partial charge < -0.3 is 0 Å². The monoisotopic (exact) mass is 338 g/mol. The zero-order valence-corrected chi connectivity index (χ0v) is 13.6. The van der Waals surface area contributed by atoms with Gasteiger partial charge in [-0.2, -0.15) is 0 Å². The minimum Gasteiger partial charge on any atom is -0.273 e. The molecule has 116 valence electrons. The Labute approximate surface area is 134 Å². The standard InChI is InChI=1S/C15H15ClN2O3S/c1-10-3-8-14(9-11(10)2)22(20,21)18-17-15(19)12-4-6-13(16)7-5-12/h3-9,18H,1-2H3,(H,17,19). The van der Waals surface area contributed by atoms with Gasteiger partial charge in [0.2, 0.25) is 0 Å². The Morgan fingerprint density at radius 1 is 1.00 bits per heavy atom. The van der Waals surface area contributed by atoms with Crippen LogP contribution in [0.25, 0.3) is 0 Å². The van der Waals surface area contributed by atoms with E-state index in [1.165, 1.54) is 18.2 Å². The number of hydrogen-bond acceptors (Lipinski definition) is 3. The molecule has 0 spiro atoms. The molecular weight excluding hydrogens is 324 g/mol. The summed E-state index contributed by atoms with van der Waals surface area (Å²) in [4.78, 5) is 14.0. The minimum atomic E-state index is -3.82. The molecular formula is C15H15ClN2O3S. The Morgan fingerprint density at radius 3 is 2.23 bits per heavy atom. The number of halogens is 1. The van der Waals surface area contributed by atoms with Crippen LogP contribution in [-0.4, -0.2) is 14.3 Å². The molecule has 0 atom stereocenters. The minimum absolute atomic E-state index is 0.0898. The lowest BCUT2D eigenvalue weighted by atomic mass is 10.1. The molecule has 22 heavy (non-hydrogen) atoms. The van der Waals surface area contributed by atoms with Crippen LogP contribution in [0.15, 0.2) is 47.4 Å². The molecule has 1 amide bonds. The average molecular weight is 339 g/mol. The first-order chi connectivity index (χ1) is 10.3. The van der Waals surface area contributed by atoms with Crippen molar-refractivity contribution in [1.29, 1.82) is 0 Å². The smallest absolute Gasteiger partial charge is 0.266 e. The second kappa shape index (κ2) is 6.48. The highest BCUT2D eigenvalue weighted by atomic mass is 35.5. The van der Waals surface area contributed by atoms with Crippen LogP contribution in [0, 0.1) is 13.8 Å². The number of benzene rings is 2. The van der Waals surface area contributed by atoms with Crippen LogP contribution in [0.4, 0.5) is 0 Å². The number of rotatable bonds is 4. The van der Waals surface area contributed by atoms with Crippen LogP contribution in [0.1, 0.15) is 21.5 Å². The summed E-state index contributed by atoms with van der Waals surface area (Å²) >= 11 is 5.73. The third kappa shape index (κ3) is 3.85. The zero-order valence-electron chi connectivity index (χ0n) is 12.1. The van der Waals surface area contributed by atoms with Gasteiger partial charge in [0.15, 0.2) is 0 Å². The average Bonchev–Trinajstić information content (AvgIpc) is 2.48. The van der Waals surface area contributed by atoms with Gasteiger partial charge in [-0.15, -0.1) is 4.83 Å². The van der Waals surface area contributed by atoms with Crippen molar-refractivity contribution in [3.05, 3.63) is 64.2 Å². The molecule has 0 saturated heterocycles. The molecule has 5 nitrogen and oxygen atoms in total. The van der Waals surface area contributed by atoms with Crippen LogP contribution in [0.2, 0.25) is 5.02 Å². The Kier molecular flexibility index (Phi) is 4.85. The number of hydrogen-bond donors (Lipinski definition) is 2. The van der Waals surface area contributed by atoms with Gasteiger partial charge in [0, 0.05) is 10.6 Å². The first-order valence-corrected chi connectivity index (χ1v) is 8.31. The van der Waals surface area contributed by atoms with Crippen molar-refractivity contribution in [3.8, 4) is 0 Å². The molecule has 0 aliphatic carbocycles. The molecule has 0 saturated carbocycles. The highest BCUT2D eigenvalue weighted by Crippen LogP contribution is 2.14. The summed E-state index contributed by atoms with van der Waals surface area (Å²) < 4.78 is 24.3. The van der Waals surface area contributed by atoms with E-state index in [1.807, 2.05) is 13.8 Å². The summed E-state index contributed by atoms with van der Waals surface area (Å²) in [6.07, 6.45) is 0. The summed E-state index contributed by atoms with van der Waals surface area (Å²) in [5.74, 6) is -0.566. The van der Waals surface area contributed by atoms with Gasteiger partial charge in [0.1, 0.15) is 0 Å². The van der Waals surface area contributed by atoms with Crippen LogP contribution in [0.5, 0.6) is 0 Å². The van der Waals surface area contributed by atoms with Crippen molar-refractivity contribution in [2.75, 3.05) is 0 Å². The van der Waals surface area contributed by atoms with Crippen LogP contribution in [0.3, 0.4) is 0 Å². The van der Waals surface area contributed by atoms with Gasteiger partial charge in [-0.25, -0.2) is 8.42 Å². The first kappa shape index (κ1) is 16.5. The van der Waals surface area contributed by atoms with E-state index in [0.29, 0.717) is 10.6 Å². The van der Waals surface area contributed by atoms with Gasteiger partial charge >= 0.3 is 0 Å². The molecule has 0 unspecified atom stereocenters. The van der Waals surface area contributed by atoms with Crippen LogP contribution >= 0.6 is 11.6 Å². The van der Waals surface area contributed by atoms with Crippen molar-refractivity contribution >= 4 is 27.5 Å². The van der Waals surface area contributed by atoms with Crippen molar-refractivity contribution in [2.24, 2.45) is 0 Å². The third-order valence-electron chi connectivity index (χ3n) is 3.19. The zero-order chi connectivity index (χ0) is 16.3. The lowest BCUT2D eigenvalue weighted by Crippen LogP contribution is -2.41. The summed E-state index contributed by atoms with van der Waals surface area (Å²) in [6, 6.07) is 10.8. The van der Waals surface area contributed by atoms with E-state index in [1.54, 1.807) is 24.3 Å². The predicted molar refractivity (Wildman–Crippen MR) is 85.2 cm³/mol. The van der Waals surface area contributed by atoms with E-state index in [9.17, 15) is 13.2 Å². The van der Waals surface area contributed by atoms with E-state index in [2.05, 4.69) is 10.3 Å². The molecule has 0 radical (unpaired) electrons. The summed E-state index contributed by atoms with van der Waals surface area (Å²) in [5, 5.41) is 0.493. The third-order valence-corrected chi connectivity index (χ3v) is 4.69. The normalized spacial score (nSPS) is 11.2. The highest BCUT2D eigenvalue weighted by Gasteiger charge is 2.16. The van der Waals surface area contributed by atoms with Crippen molar-refractivity contribution in [2.45, 2.75) is 18.7 Å². The maximum absolute atomic E-state index is 12.1. The molecule has 0 aliphatic heterocycles. The molecule has 0 heterocycles. The van der Waals surface area contributed by atoms with Crippen molar-refractivity contribution < 1.29 is 13.2 Å². The molecule has 0 aliphatic rings. The molecule has 0 bridgehead atoms. The topological polar surface area (TPSA) is 75.3 Å². The Balaban J connectivity index is 2.10. The fourth-order valence-electron chi connectivity index (χ4n) is 1.73. The Morgan fingerprint density at radius 2 is 1.64 bits per heavy atom. The Bertz CT molecular complexity index is 802. The molecule has 0 fully saturated rings. The number of aryl methyl sites for hydroxylation is 2. The van der Waals surface area contributed by atoms with Gasteiger partial charge in [-0.1, -0.05) is 17.7 Å². The fourth-order valence-corrected chi connectivity index (χ4v) is 2.78. The largest absolute Gasteiger partial charge is 0.273 e. The molecule has 2 N–H and O–H groups in total. The van der Waals surface area contributed by atoms with E-state index in [0.717, 1.165) is 11.1 Å². The van der Waals surface area contributed by atoms with Gasteiger partial charge in [0.25, 0.3) is 15.9 Å². The molecule has 0 aromatic heterocycles. The summed E-state index contributed by atoms with van der Waals surface area (Å²) in [7, 11) is -3.82. The number of amides is 1. The van der Waals surface area contributed by atoms with Crippen molar-refractivity contribution in [1.82, 2.24) is 10.3 Å². The first-order valence-electron chi connectivity index (χ1n) is 6.44.